The molecule has 0 bridgehead atoms. The highest BCUT2D eigenvalue weighted by Gasteiger charge is 2.29. The number of hydrogen-bond acceptors (Lipinski definition) is 3. The fraction of sp³-hybridized carbons (Fsp3) is 0.143. The van der Waals surface area contributed by atoms with Gasteiger partial charge in [-0.3, -0.25) is 9.59 Å². The predicted molar refractivity (Wildman–Crippen MR) is 70.2 cm³/mol. The molecule has 2 N–H and O–H groups in total. The van der Waals surface area contributed by atoms with Gasteiger partial charge in [-0.05, 0) is 18.2 Å². The number of ether oxygens (including phenoxy) is 1. The van der Waals surface area contributed by atoms with Crippen molar-refractivity contribution >= 4 is 11.6 Å². The van der Waals surface area contributed by atoms with Gasteiger partial charge in [-0.1, -0.05) is 0 Å². The highest BCUT2D eigenvalue weighted by atomic mass is 19.1. The van der Waals surface area contributed by atoms with Crippen molar-refractivity contribution in [3.8, 4) is 5.75 Å². The number of fused-ring (bicyclic) bond motifs is 1. The first-order valence-corrected chi connectivity index (χ1v) is 6.06. The minimum Gasteiger partial charge on any atom is -0.480 e. The first-order valence-electron chi connectivity index (χ1n) is 6.06. The fourth-order valence-electron chi connectivity index (χ4n) is 2.09. The highest BCUT2D eigenvalue weighted by Crippen LogP contribution is 2.29. The van der Waals surface area contributed by atoms with Gasteiger partial charge in [0.05, 0.1) is 0 Å². The minimum atomic E-state index is -0.758. The number of halogens is 1. The first-order chi connectivity index (χ1) is 9.63. The minimum absolute atomic E-state index is 0.156. The molecule has 2 heterocycles. The molecule has 1 aromatic heterocycles. The topological polar surface area (TPSA) is 71.2 Å². The molecule has 1 aromatic carbocycles. The molecule has 1 amide bonds. The van der Waals surface area contributed by atoms with Gasteiger partial charge in [-0.2, -0.15) is 0 Å². The van der Waals surface area contributed by atoms with Crippen LogP contribution >= 0.6 is 0 Å². The van der Waals surface area contributed by atoms with Gasteiger partial charge in [-0.15, -0.1) is 0 Å². The van der Waals surface area contributed by atoms with Crippen LogP contribution in [-0.2, 0) is 11.2 Å². The average molecular weight is 274 g/mol. The molecule has 6 heteroatoms. The molecular weight excluding hydrogens is 263 g/mol. The summed E-state index contributed by atoms with van der Waals surface area (Å²) in [6.45, 7) is 0. The van der Waals surface area contributed by atoms with Crippen LogP contribution in [0.4, 0.5) is 10.1 Å². The van der Waals surface area contributed by atoms with Crippen LogP contribution in [0.3, 0.4) is 0 Å². The molecule has 2 aromatic rings. The molecule has 0 saturated carbocycles. The van der Waals surface area contributed by atoms with E-state index in [0.29, 0.717) is 11.3 Å². The van der Waals surface area contributed by atoms with Crippen molar-refractivity contribution in [2.45, 2.75) is 12.5 Å². The lowest BCUT2D eigenvalue weighted by atomic mass is 10.1. The van der Waals surface area contributed by atoms with E-state index in [1.165, 1.54) is 36.7 Å². The van der Waals surface area contributed by atoms with Crippen LogP contribution < -0.4 is 15.5 Å². The molecule has 1 aliphatic rings. The maximum Gasteiger partial charge on any atom is 0.265 e. The van der Waals surface area contributed by atoms with Crippen LogP contribution in [0.15, 0.2) is 41.5 Å². The zero-order valence-electron chi connectivity index (χ0n) is 10.4. The van der Waals surface area contributed by atoms with Gasteiger partial charge >= 0.3 is 0 Å². The summed E-state index contributed by atoms with van der Waals surface area (Å²) < 4.78 is 18.5. The lowest BCUT2D eigenvalue weighted by Crippen LogP contribution is -2.33. The maximum atomic E-state index is 13.1. The zero-order chi connectivity index (χ0) is 14.1. The van der Waals surface area contributed by atoms with E-state index < -0.39 is 12.0 Å². The van der Waals surface area contributed by atoms with E-state index in [1.54, 1.807) is 0 Å². The highest BCUT2D eigenvalue weighted by molar-refractivity contribution is 5.94. The number of rotatable bonds is 2. The van der Waals surface area contributed by atoms with Crippen molar-refractivity contribution in [3.05, 3.63) is 58.3 Å². The number of amides is 1. The summed E-state index contributed by atoms with van der Waals surface area (Å²) in [6.07, 6.45) is 2.40. The molecule has 0 radical (unpaired) electrons. The third-order valence-corrected chi connectivity index (χ3v) is 3.07. The summed E-state index contributed by atoms with van der Waals surface area (Å²) in [4.78, 5) is 26.3. The molecule has 0 unspecified atom stereocenters. The number of aromatic nitrogens is 1. The number of benzene rings is 1. The number of carbonyl (C=O) groups excluding carboxylic acids is 1. The van der Waals surface area contributed by atoms with Gasteiger partial charge in [0.25, 0.3) is 5.91 Å². The Balaban J connectivity index is 1.75. The number of hydrogen-bond donors (Lipinski definition) is 2. The monoisotopic (exact) mass is 274 g/mol. The van der Waals surface area contributed by atoms with E-state index in [2.05, 4.69) is 10.3 Å². The third-order valence-electron chi connectivity index (χ3n) is 3.07. The van der Waals surface area contributed by atoms with Gasteiger partial charge in [0.2, 0.25) is 5.43 Å². The van der Waals surface area contributed by atoms with Gasteiger partial charge in [0.15, 0.2) is 6.10 Å². The Morgan fingerprint density at radius 2 is 2.25 bits per heavy atom. The summed E-state index contributed by atoms with van der Waals surface area (Å²) in [6, 6.07) is 5.43. The number of pyridine rings is 1. The number of anilines is 1. The Hall–Kier alpha value is -2.63. The lowest BCUT2D eigenvalue weighted by molar-refractivity contribution is -0.122. The van der Waals surface area contributed by atoms with Gasteiger partial charge in [-0.25, -0.2) is 4.39 Å². The second-order valence-corrected chi connectivity index (χ2v) is 4.47. The Bertz CT molecular complexity index is 726. The smallest absolute Gasteiger partial charge is 0.265 e. The standard InChI is InChI=1S/C14H11FN2O3/c15-9-1-2-12-8(5-9)6-13(20-12)14(19)17-10-7-16-4-3-11(10)18/h1-5,7,13H,6H2,(H,16,18)(H,17,19)/t13-/m1/s1. The Kier molecular flexibility index (Phi) is 2.98. The average Bonchev–Trinajstić information content (AvgIpc) is 2.84. The molecule has 1 aliphatic heterocycles. The van der Waals surface area contributed by atoms with Crippen LogP contribution in [0.2, 0.25) is 0 Å². The van der Waals surface area contributed by atoms with Crippen molar-refractivity contribution in [3.63, 3.8) is 0 Å². The van der Waals surface area contributed by atoms with E-state index in [0.717, 1.165) is 0 Å². The van der Waals surface area contributed by atoms with Crippen molar-refractivity contribution < 1.29 is 13.9 Å². The predicted octanol–water partition coefficient (Wildman–Crippen LogP) is 1.46. The quantitative estimate of drug-likeness (QED) is 0.870. The van der Waals surface area contributed by atoms with Crippen LogP contribution in [0.5, 0.6) is 5.75 Å². The molecule has 0 fully saturated rings. The van der Waals surface area contributed by atoms with Crippen LogP contribution in [0.25, 0.3) is 0 Å². The Morgan fingerprint density at radius 3 is 3.05 bits per heavy atom. The van der Waals surface area contributed by atoms with E-state index in [-0.39, 0.29) is 23.4 Å². The van der Waals surface area contributed by atoms with E-state index >= 15 is 0 Å². The van der Waals surface area contributed by atoms with E-state index in [4.69, 9.17) is 4.74 Å². The summed E-state index contributed by atoms with van der Waals surface area (Å²) in [5.74, 6) is -0.306. The molecule has 20 heavy (non-hydrogen) atoms. The largest absolute Gasteiger partial charge is 0.480 e. The van der Waals surface area contributed by atoms with E-state index in [9.17, 15) is 14.0 Å². The zero-order valence-corrected chi connectivity index (χ0v) is 10.4. The van der Waals surface area contributed by atoms with Crippen LogP contribution in [0.1, 0.15) is 5.56 Å². The second-order valence-electron chi connectivity index (χ2n) is 4.47. The Labute approximate surface area is 113 Å². The van der Waals surface area contributed by atoms with Gasteiger partial charge in [0, 0.05) is 30.4 Å². The van der Waals surface area contributed by atoms with Crippen LogP contribution in [-0.4, -0.2) is 17.0 Å². The Morgan fingerprint density at radius 1 is 1.40 bits per heavy atom. The molecule has 102 valence electrons. The maximum absolute atomic E-state index is 13.1. The van der Waals surface area contributed by atoms with E-state index in [1.807, 2.05) is 0 Å². The van der Waals surface area contributed by atoms with Gasteiger partial charge in [0.1, 0.15) is 17.3 Å². The summed E-state index contributed by atoms with van der Waals surface area (Å²) in [5.41, 5.74) is 0.508. The summed E-state index contributed by atoms with van der Waals surface area (Å²) in [5, 5.41) is 2.50. The van der Waals surface area contributed by atoms with Crippen molar-refractivity contribution in [2.75, 3.05) is 5.32 Å². The molecule has 0 spiro atoms. The second kappa shape index (κ2) is 4.80. The number of H-pyrrole nitrogens is 1. The molecular formula is C14H11FN2O3. The molecule has 3 rings (SSSR count). The number of nitrogens with one attached hydrogen (secondary N) is 2. The molecule has 1 atom stereocenters. The van der Waals surface area contributed by atoms with Gasteiger partial charge < -0.3 is 15.0 Å². The van der Waals surface area contributed by atoms with Crippen molar-refractivity contribution in [1.29, 1.82) is 0 Å². The molecule has 0 aliphatic carbocycles. The fourth-order valence-corrected chi connectivity index (χ4v) is 2.09. The third kappa shape index (κ3) is 2.27. The first kappa shape index (κ1) is 12.4. The van der Waals surface area contributed by atoms with Crippen molar-refractivity contribution in [1.82, 2.24) is 4.98 Å². The number of carbonyl (C=O) groups is 1. The van der Waals surface area contributed by atoms with Crippen LogP contribution in [0, 0.1) is 5.82 Å². The number of aromatic amines is 1. The molecule has 5 nitrogen and oxygen atoms in total. The summed E-state index contributed by atoms with van der Waals surface area (Å²) in [7, 11) is 0. The normalized spacial score (nSPS) is 16.4. The molecule has 0 saturated heterocycles. The summed E-state index contributed by atoms with van der Waals surface area (Å²) >= 11 is 0. The lowest BCUT2D eigenvalue weighted by Gasteiger charge is -2.10. The SMILES string of the molecule is O=C(Nc1c[nH]ccc1=O)[C@H]1Cc2cc(F)ccc2O1. The van der Waals surface area contributed by atoms with Crippen molar-refractivity contribution in [2.24, 2.45) is 0 Å².